The fourth-order valence-electron chi connectivity index (χ4n) is 2.25. The number of methoxy groups -OCH3 is 1. The highest BCUT2D eigenvalue weighted by atomic mass is 19.4. The van der Waals surface area contributed by atoms with E-state index in [0.29, 0.717) is 12.5 Å². The molecule has 0 aliphatic carbocycles. The van der Waals surface area contributed by atoms with Crippen LogP contribution in [0.1, 0.15) is 18.9 Å². The van der Waals surface area contributed by atoms with Crippen LogP contribution in [0.5, 0.6) is 5.75 Å². The smallest absolute Gasteiger partial charge is 0.406 e. The van der Waals surface area contributed by atoms with Gasteiger partial charge in [-0.1, -0.05) is 19.1 Å². The molecule has 3 nitrogen and oxygen atoms in total. The van der Waals surface area contributed by atoms with E-state index in [-0.39, 0.29) is 11.8 Å². The van der Waals surface area contributed by atoms with E-state index in [9.17, 15) is 13.2 Å². The average Bonchev–Trinajstić information content (AvgIpc) is 2.38. The van der Waals surface area contributed by atoms with Gasteiger partial charge in [0.1, 0.15) is 5.75 Å². The molecule has 120 valence electrons. The van der Waals surface area contributed by atoms with Crippen LogP contribution in [-0.2, 0) is 11.2 Å². The number of ether oxygens (including phenoxy) is 2. The van der Waals surface area contributed by atoms with Crippen LogP contribution in [0.25, 0.3) is 0 Å². The maximum atomic E-state index is 12.1. The zero-order valence-electron chi connectivity index (χ0n) is 12.5. The van der Waals surface area contributed by atoms with Crippen molar-refractivity contribution in [2.75, 3.05) is 20.8 Å². The molecule has 0 radical (unpaired) electrons. The first-order valence-corrected chi connectivity index (χ1v) is 6.85. The molecule has 2 unspecified atom stereocenters. The lowest BCUT2D eigenvalue weighted by molar-refractivity contribution is -0.274. The topological polar surface area (TPSA) is 30.5 Å². The number of rotatable bonds is 8. The largest absolute Gasteiger partial charge is 0.573 e. The Balaban J connectivity index is 2.56. The summed E-state index contributed by atoms with van der Waals surface area (Å²) in [6, 6.07) is 6.26. The van der Waals surface area contributed by atoms with Crippen LogP contribution in [0.2, 0.25) is 0 Å². The number of likely N-dealkylation sites (N-methyl/N-ethyl adjacent to an activating group) is 1. The van der Waals surface area contributed by atoms with Gasteiger partial charge in [0.2, 0.25) is 0 Å². The number of nitrogens with one attached hydrogen (secondary N) is 1. The van der Waals surface area contributed by atoms with Gasteiger partial charge in [-0.2, -0.15) is 0 Å². The highest BCUT2D eigenvalue weighted by Crippen LogP contribution is 2.23. The summed E-state index contributed by atoms with van der Waals surface area (Å²) in [5, 5.41) is 3.23. The second kappa shape index (κ2) is 8.24. The Morgan fingerprint density at radius 1 is 1.19 bits per heavy atom. The number of hydrogen-bond acceptors (Lipinski definition) is 3. The van der Waals surface area contributed by atoms with Crippen molar-refractivity contribution >= 4 is 0 Å². The van der Waals surface area contributed by atoms with Gasteiger partial charge in [0.25, 0.3) is 0 Å². The molecule has 6 heteroatoms. The van der Waals surface area contributed by atoms with Crippen molar-refractivity contribution < 1.29 is 22.6 Å². The molecule has 0 aliphatic heterocycles. The molecule has 0 spiro atoms. The van der Waals surface area contributed by atoms with Crippen molar-refractivity contribution in [2.24, 2.45) is 5.92 Å². The van der Waals surface area contributed by atoms with E-state index in [1.807, 2.05) is 7.05 Å². The SMILES string of the molecule is CNC(Cc1ccc(OC(F)(F)F)cc1)CC(C)COC. The van der Waals surface area contributed by atoms with Crippen molar-refractivity contribution in [1.82, 2.24) is 5.32 Å². The van der Waals surface area contributed by atoms with E-state index in [2.05, 4.69) is 17.0 Å². The first-order valence-electron chi connectivity index (χ1n) is 6.85. The third-order valence-electron chi connectivity index (χ3n) is 3.19. The van der Waals surface area contributed by atoms with Gasteiger partial charge >= 0.3 is 6.36 Å². The standard InChI is InChI=1S/C15H22F3NO2/c1-11(10-20-3)8-13(19-2)9-12-4-6-14(7-5-12)21-15(16,17)18/h4-7,11,13,19H,8-10H2,1-3H3. The van der Waals surface area contributed by atoms with Gasteiger partial charge in [-0.05, 0) is 43.5 Å². The Bertz CT molecular complexity index is 406. The predicted molar refractivity (Wildman–Crippen MR) is 75.3 cm³/mol. The van der Waals surface area contributed by atoms with Crippen molar-refractivity contribution in [3.63, 3.8) is 0 Å². The van der Waals surface area contributed by atoms with E-state index in [1.165, 1.54) is 12.1 Å². The molecule has 0 aromatic heterocycles. The molecule has 0 bridgehead atoms. The minimum absolute atomic E-state index is 0.194. The third-order valence-corrected chi connectivity index (χ3v) is 3.19. The van der Waals surface area contributed by atoms with Gasteiger partial charge in [-0.15, -0.1) is 13.2 Å². The van der Waals surface area contributed by atoms with Gasteiger partial charge in [-0.25, -0.2) is 0 Å². The number of hydrogen-bond donors (Lipinski definition) is 1. The van der Waals surface area contributed by atoms with E-state index in [1.54, 1.807) is 19.2 Å². The van der Waals surface area contributed by atoms with Crippen LogP contribution in [-0.4, -0.2) is 33.2 Å². The molecule has 0 fully saturated rings. The van der Waals surface area contributed by atoms with Crippen LogP contribution < -0.4 is 10.1 Å². The average molecular weight is 305 g/mol. The zero-order valence-corrected chi connectivity index (χ0v) is 12.5. The molecule has 1 aromatic carbocycles. The Labute approximate surface area is 123 Å². The zero-order chi connectivity index (χ0) is 15.9. The Hall–Kier alpha value is -1.27. The molecule has 21 heavy (non-hydrogen) atoms. The number of halogens is 3. The molecular formula is C15H22F3NO2. The molecule has 0 saturated heterocycles. The normalized spacial score (nSPS) is 14.8. The molecule has 1 aromatic rings. The summed E-state index contributed by atoms with van der Waals surface area (Å²) in [5.74, 6) is 0.222. The van der Waals surface area contributed by atoms with Crippen LogP contribution >= 0.6 is 0 Å². The summed E-state index contributed by atoms with van der Waals surface area (Å²) in [4.78, 5) is 0. The minimum atomic E-state index is -4.65. The fraction of sp³-hybridized carbons (Fsp3) is 0.600. The summed E-state index contributed by atoms with van der Waals surface area (Å²) in [6.07, 6.45) is -2.97. The van der Waals surface area contributed by atoms with Gasteiger partial charge in [0.15, 0.2) is 0 Å². The minimum Gasteiger partial charge on any atom is -0.406 e. The molecule has 1 N–H and O–H groups in total. The van der Waals surface area contributed by atoms with Crippen molar-refractivity contribution in [3.05, 3.63) is 29.8 Å². The van der Waals surface area contributed by atoms with E-state index in [4.69, 9.17) is 4.74 Å². The van der Waals surface area contributed by atoms with E-state index in [0.717, 1.165) is 18.4 Å². The summed E-state index contributed by atoms with van der Waals surface area (Å²) in [6.45, 7) is 2.80. The second-order valence-electron chi connectivity index (χ2n) is 5.18. The van der Waals surface area contributed by atoms with Crippen molar-refractivity contribution in [1.29, 1.82) is 0 Å². The molecule has 0 amide bonds. The molecule has 0 heterocycles. The quantitative estimate of drug-likeness (QED) is 0.798. The maximum absolute atomic E-state index is 12.1. The molecule has 0 aliphatic rings. The summed E-state index contributed by atoms with van der Waals surface area (Å²) in [7, 11) is 3.55. The summed E-state index contributed by atoms with van der Waals surface area (Å²) in [5.41, 5.74) is 0.966. The Morgan fingerprint density at radius 2 is 1.81 bits per heavy atom. The fourth-order valence-corrected chi connectivity index (χ4v) is 2.25. The predicted octanol–water partition coefficient (Wildman–Crippen LogP) is 3.39. The molecule has 0 saturated carbocycles. The number of benzene rings is 1. The van der Waals surface area contributed by atoms with Crippen molar-refractivity contribution in [3.8, 4) is 5.75 Å². The van der Waals surface area contributed by atoms with Gasteiger partial charge in [0.05, 0.1) is 0 Å². The first-order chi connectivity index (χ1) is 9.84. The lowest BCUT2D eigenvalue weighted by Gasteiger charge is -2.20. The highest BCUT2D eigenvalue weighted by molar-refractivity contribution is 5.28. The second-order valence-corrected chi connectivity index (χ2v) is 5.18. The van der Waals surface area contributed by atoms with Crippen LogP contribution in [0.4, 0.5) is 13.2 Å². The van der Waals surface area contributed by atoms with Crippen LogP contribution in [0.3, 0.4) is 0 Å². The van der Waals surface area contributed by atoms with Gasteiger partial charge in [-0.3, -0.25) is 0 Å². The molecule has 1 rings (SSSR count). The Kier molecular flexibility index (Phi) is 6.98. The van der Waals surface area contributed by atoms with Crippen LogP contribution in [0, 0.1) is 5.92 Å². The van der Waals surface area contributed by atoms with Gasteiger partial charge in [0, 0.05) is 19.8 Å². The third kappa shape index (κ3) is 7.34. The monoisotopic (exact) mass is 305 g/mol. The number of alkyl halides is 3. The molecular weight excluding hydrogens is 283 g/mol. The van der Waals surface area contributed by atoms with Crippen molar-refractivity contribution in [2.45, 2.75) is 32.2 Å². The highest BCUT2D eigenvalue weighted by Gasteiger charge is 2.30. The van der Waals surface area contributed by atoms with E-state index < -0.39 is 6.36 Å². The summed E-state index contributed by atoms with van der Waals surface area (Å²) >= 11 is 0. The first kappa shape index (κ1) is 17.8. The summed E-state index contributed by atoms with van der Waals surface area (Å²) < 4.78 is 45.2. The van der Waals surface area contributed by atoms with Gasteiger partial charge < -0.3 is 14.8 Å². The van der Waals surface area contributed by atoms with E-state index >= 15 is 0 Å². The maximum Gasteiger partial charge on any atom is 0.573 e. The van der Waals surface area contributed by atoms with Crippen LogP contribution in [0.15, 0.2) is 24.3 Å². The Morgan fingerprint density at radius 3 is 2.29 bits per heavy atom. The lowest BCUT2D eigenvalue weighted by Crippen LogP contribution is -2.30. The lowest BCUT2D eigenvalue weighted by atomic mass is 9.97. The molecule has 2 atom stereocenters.